The zero-order valence-corrected chi connectivity index (χ0v) is 15.2. The first-order valence-electron chi connectivity index (χ1n) is 8.61. The van der Waals surface area contributed by atoms with Crippen molar-refractivity contribution < 1.29 is 19.2 Å². The van der Waals surface area contributed by atoms with Crippen LogP contribution in [0, 0.1) is 10.1 Å². The first-order chi connectivity index (χ1) is 14.0. The molecular formula is C21H17N3O5. The van der Waals surface area contributed by atoms with Gasteiger partial charge in [0.25, 0.3) is 11.6 Å². The lowest BCUT2D eigenvalue weighted by molar-refractivity contribution is -0.384. The van der Waals surface area contributed by atoms with Crippen LogP contribution in [0.4, 0.5) is 17.1 Å². The van der Waals surface area contributed by atoms with Gasteiger partial charge in [-0.3, -0.25) is 14.9 Å². The van der Waals surface area contributed by atoms with Crippen molar-refractivity contribution in [1.29, 1.82) is 0 Å². The number of esters is 1. The molecule has 0 saturated carbocycles. The molecule has 3 aromatic carbocycles. The van der Waals surface area contributed by atoms with Crippen molar-refractivity contribution in [3.8, 4) is 11.1 Å². The number of nitro groups is 1. The molecule has 8 heteroatoms. The van der Waals surface area contributed by atoms with E-state index in [-0.39, 0.29) is 16.9 Å². The van der Waals surface area contributed by atoms with Crippen molar-refractivity contribution in [3.63, 3.8) is 0 Å². The molecule has 0 heterocycles. The topological polar surface area (TPSA) is 125 Å². The highest BCUT2D eigenvalue weighted by molar-refractivity contribution is 6.00. The van der Waals surface area contributed by atoms with Gasteiger partial charge in [-0.1, -0.05) is 48.5 Å². The van der Waals surface area contributed by atoms with Crippen LogP contribution in [0.15, 0.2) is 72.8 Å². The molecule has 0 saturated heterocycles. The van der Waals surface area contributed by atoms with Crippen molar-refractivity contribution in [3.05, 3.63) is 88.5 Å². The number of para-hydroxylation sites is 1. The third kappa shape index (κ3) is 4.75. The van der Waals surface area contributed by atoms with Crippen LogP contribution < -0.4 is 11.1 Å². The Morgan fingerprint density at radius 3 is 2.38 bits per heavy atom. The van der Waals surface area contributed by atoms with Gasteiger partial charge in [0.1, 0.15) is 0 Å². The van der Waals surface area contributed by atoms with E-state index < -0.39 is 23.4 Å². The van der Waals surface area contributed by atoms with Crippen LogP contribution in [-0.2, 0) is 9.53 Å². The van der Waals surface area contributed by atoms with Gasteiger partial charge in [-0.15, -0.1) is 0 Å². The van der Waals surface area contributed by atoms with Gasteiger partial charge in [0.05, 0.1) is 16.2 Å². The molecule has 0 bridgehead atoms. The first kappa shape index (κ1) is 19.6. The second-order valence-electron chi connectivity index (χ2n) is 6.06. The summed E-state index contributed by atoms with van der Waals surface area (Å²) in [6.07, 6.45) is 0. The maximum atomic E-state index is 12.3. The Kier molecular flexibility index (Phi) is 5.84. The van der Waals surface area contributed by atoms with E-state index in [4.69, 9.17) is 10.5 Å². The fraction of sp³-hybridized carbons (Fsp3) is 0.0476. The van der Waals surface area contributed by atoms with Crippen molar-refractivity contribution >= 4 is 28.9 Å². The average Bonchev–Trinajstić information content (AvgIpc) is 2.73. The molecule has 0 aliphatic heterocycles. The van der Waals surface area contributed by atoms with E-state index >= 15 is 0 Å². The van der Waals surface area contributed by atoms with Crippen LogP contribution in [0.1, 0.15) is 10.4 Å². The summed E-state index contributed by atoms with van der Waals surface area (Å²) in [6.45, 7) is -0.529. The maximum absolute atomic E-state index is 12.3. The quantitative estimate of drug-likeness (QED) is 0.286. The molecule has 0 aliphatic rings. The van der Waals surface area contributed by atoms with Crippen molar-refractivity contribution in [2.24, 2.45) is 0 Å². The Hall–Kier alpha value is -4.20. The molecule has 3 rings (SSSR count). The predicted octanol–water partition coefficient (Wildman–Crippen LogP) is 3.64. The number of nitro benzene ring substituents is 1. The number of nitrogens with two attached hydrogens (primary N) is 1. The molecule has 0 fully saturated rings. The lowest BCUT2D eigenvalue weighted by atomic mass is 10.0. The Labute approximate surface area is 166 Å². The smallest absolute Gasteiger partial charge is 0.340 e. The molecule has 0 radical (unpaired) electrons. The SMILES string of the molecule is Nc1cc([N+](=O)[O-])ccc1C(=O)OCC(=O)Nc1ccccc1-c1ccccc1. The van der Waals surface area contributed by atoms with E-state index in [0.717, 1.165) is 23.3 Å². The number of carbonyl (C=O) groups excluding carboxylic acids is 2. The fourth-order valence-electron chi connectivity index (χ4n) is 2.71. The zero-order chi connectivity index (χ0) is 20.8. The van der Waals surface area contributed by atoms with Crippen LogP contribution in [0.25, 0.3) is 11.1 Å². The van der Waals surface area contributed by atoms with Crippen molar-refractivity contribution in [2.75, 3.05) is 17.7 Å². The fourth-order valence-corrected chi connectivity index (χ4v) is 2.71. The van der Waals surface area contributed by atoms with Gasteiger partial charge in [-0.05, 0) is 17.7 Å². The number of hydrogen-bond acceptors (Lipinski definition) is 6. The Bertz CT molecular complexity index is 1070. The standard InChI is InChI=1S/C21H17N3O5/c22-18-12-15(24(27)28)10-11-17(18)21(26)29-13-20(25)23-19-9-5-4-8-16(19)14-6-2-1-3-7-14/h1-12H,13,22H2,(H,23,25). The van der Waals surface area contributed by atoms with Crippen LogP contribution in [0.3, 0.4) is 0 Å². The monoisotopic (exact) mass is 391 g/mol. The maximum Gasteiger partial charge on any atom is 0.340 e. The van der Waals surface area contributed by atoms with E-state index in [2.05, 4.69) is 5.32 Å². The van der Waals surface area contributed by atoms with Crippen LogP contribution in [0.2, 0.25) is 0 Å². The number of non-ortho nitro benzene ring substituents is 1. The number of anilines is 2. The molecular weight excluding hydrogens is 374 g/mol. The minimum atomic E-state index is -0.844. The molecule has 3 aromatic rings. The number of benzene rings is 3. The molecule has 0 spiro atoms. The Morgan fingerprint density at radius 1 is 1.00 bits per heavy atom. The number of nitrogens with zero attached hydrogens (tertiary/aromatic N) is 1. The van der Waals surface area contributed by atoms with Crippen LogP contribution >= 0.6 is 0 Å². The largest absolute Gasteiger partial charge is 0.452 e. The number of nitrogen functional groups attached to an aromatic ring is 1. The Balaban J connectivity index is 1.65. The summed E-state index contributed by atoms with van der Waals surface area (Å²) in [5.74, 6) is -1.37. The molecule has 0 aromatic heterocycles. The highest BCUT2D eigenvalue weighted by Gasteiger charge is 2.17. The normalized spacial score (nSPS) is 10.2. The second-order valence-corrected chi connectivity index (χ2v) is 6.06. The van der Waals surface area contributed by atoms with Crippen LogP contribution in [-0.4, -0.2) is 23.4 Å². The summed E-state index contributed by atoms with van der Waals surface area (Å²) in [5.41, 5.74) is 7.62. The second kappa shape index (κ2) is 8.66. The molecule has 29 heavy (non-hydrogen) atoms. The van der Waals surface area contributed by atoms with E-state index in [1.165, 1.54) is 6.07 Å². The number of nitrogens with one attached hydrogen (secondary N) is 1. The molecule has 1 amide bonds. The summed E-state index contributed by atoms with van der Waals surface area (Å²) in [7, 11) is 0. The third-order valence-corrected chi connectivity index (χ3v) is 4.09. The number of ether oxygens (including phenoxy) is 1. The van der Waals surface area contributed by atoms with E-state index in [1.54, 1.807) is 12.1 Å². The number of hydrogen-bond donors (Lipinski definition) is 2. The average molecular weight is 391 g/mol. The highest BCUT2D eigenvalue weighted by Crippen LogP contribution is 2.27. The predicted molar refractivity (Wildman–Crippen MR) is 108 cm³/mol. The van der Waals surface area contributed by atoms with E-state index in [0.29, 0.717) is 5.69 Å². The van der Waals surface area contributed by atoms with Gasteiger partial charge in [0.2, 0.25) is 0 Å². The summed E-state index contributed by atoms with van der Waals surface area (Å²) in [5, 5.41) is 13.5. The third-order valence-electron chi connectivity index (χ3n) is 4.09. The summed E-state index contributed by atoms with van der Waals surface area (Å²) in [6, 6.07) is 20.2. The lowest BCUT2D eigenvalue weighted by Crippen LogP contribution is -2.21. The summed E-state index contributed by atoms with van der Waals surface area (Å²) in [4.78, 5) is 34.5. The van der Waals surface area contributed by atoms with Gasteiger partial charge < -0.3 is 15.8 Å². The van der Waals surface area contributed by atoms with Gasteiger partial charge >= 0.3 is 5.97 Å². The molecule has 0 aliphatic carbocycles. The number of rotatable bonds is 6. The Morgan fingerprint density at radius 2 is 1.69 bits per heavy atom. The minimum Gasteiger partial charge on any atom is -0.452 e. The zero-order valence-electron chi connectivity index (χ0n) is 15.2. The minimum absolute atomic E-state index is 0.0481. The first-order valence-corrected chi connectivity index (χ1v) is 8.61. The van der Waals surface area contributed by atoms with E-state index in [9.17, 15) is 19.7 Å². The molecule has 146 valence electrons. The highest BCUT2D eigenvalue weighted by atomic mass is 16.6. The molecule has 0 atom stereocenters. The number of amides is 1. The summed E-state index contributed by atoms with van der Waals surface area (Å²) >= 11 is 0. The van der Waals surface area contributed by atoms with Gasteiger partial charge in [0, 0.05) is 23.4 Å². The van der Waals surface area contributed by atoms with Gasteiger partial charge in [0.15, 0.2) is 6.61 Å². The molecule has 8 nitrogen and oxygen atoms in total. The van der Waals surface area contributed by atoms with E-state index in [1.807, 2.05) is 42.5 Å². The van der Waals surface area contributed by atoms with Crippen LogP contribution in [0.5, 0.6) is 0 Å². The van der Waals surface area contributed by atoms with Crippen molar-refractivity contribution in [2.45, 2.75) is 0 Å². The van der Waals surface area contributed by atoms with Crippen molar-refractivity contribution in [1.82, 2.24) is 0 Å². The summed E-state index contributed by atoms with van der Waals surface area (Å²) < 4.78 is 4.99. The van der Waals surface area contributed by atoms with Gasteiger partial charge in [-0.25, -0.2) is 4.79 Å². The number of carbonyl (C=O) groups is 2. The lowest BCUT2D eigenvalue weighted by Gasteiger charge is -2.12. The molecule has 3 N–H and O–H groups in total. The molecule has 0 unspecified atom stereocenters. The van der Waals surface area contributed by atoms with Gasteiger partial charge in [-0.2, -0.15) is 0 Å².